The highest BCUT2D eigenvalue weighted by Crippen LogP contribution is 2.47. The van der Waals surface area contributed by atoms with Crippen molar-refractivity contribution in [2.45, 2.75) is 38.1 Å². The van der Waals surface area contributed by atoms with Gasteiger partial charge in [0, 0.05) is 35.8 Å². The van der Waals surface area contributed by atoms with Gasteiger partial charge >= 0.3 is 5.97 Å². The van der Waals surface area contributed by atoms with Crippen LogP contribution < -0.4 is 10.6 Å². The summed E-state index contributed by atoms with van der Waals surface area (Å²) >= 11 is 12.1. The second-order valence-corrected chi connectivity index (χ2v) is 9.23. The van der Waals surface area contributed by atoms with Gasteiger partial charge in [0.25, 0.3) is 5.91 Å². The summed E-state index contributed by atoms with van der Waals surface area (Å²) in [7, 11) is 0. The van der Waals surface area contributed by atoms with E-state index >= 15 is 0 Å². The van der Waals surface area contributed by atoms with Gasteiger partial charge in [-0.2, -0.15) is 0 Å². The van der Waals surface area contributed by atoms with Gasteiger partial charge in [-0.15, -0.1) is 0 Å². The number of carbonyl (C=O) groups is 3. The molecule has 0 saturated heterocycles. The van der Waals surface area contributed by atoms with Gasteiger partial charge in [-0.25, -0.2) is 4.79 Å². The molecule has 1 amide bonds. The van der Waals surface area contributed by atoms with Crippen molar-refractivity contribution in [1.29, 1.82) is 0 Å². The molecular weight excluding hydrogens is 477 g/mol. The van der Waals surface area contributed by atoms with Crippen LogP contribution in [-0.2, 0) is 9.59 Å². The zero-order valence-electron chi connectivity index (χ0n) is 18.3. The lowest BCUT2D eigenvalue weighted by Gasteiger charge is -2.40. The Balaban J connectivity index is 1.50. The van der Waals surface area contributed by atoms with Crippen molar-refractivity contribution in [2.24, 2.45) is 5.41 Å². The van der Waals surface area contributed by atoms with Gasteiger partial charge < -0.3 is 15.7 Å². The highest BCUT2D eigenvalue weighted by atomic mass is 35.5. The first kappa shape index (κ1) is 24.0. The molecule has 2 aliphatic rings. The fourth-order valence-corrected chi connectivity index (χ4v) is 5.05. The van der Waals surface area contributed by atoms with E-state index in [9.17, 15) is 19.5 Å². The van der Waals surface area contributed by atoms with Crippen LogP contribution in [0.1, 0.15) is 48.0 Å². The van der Waals surface area contributed by atoms with E-state index in [1.165, 1.54) is 18.5 Å². The Morgan fingerprint density at radius 1 is 1.12 bits per heavy atom. The molecule has 0 fully saturated rings. The molecule has 0 aliphatic heterocycles. The normalized spacial score (nSPS) is 17.6. The third-order valence-electron chi connectivity index (χ3n) is 6.46. The molecule has 3 N–H and O–H groups in total. The largest absolute Gasteiger partial charge is 0.480 e. The number of amides is 1. The van der Waals surface area contributed by atoms with Crippen LogP contribution in [0.4, 0.5) is 5.69 Å². The minimum absolute atomic E-state index is 0.0340. The lowest BCUT2D eigenvalue weighted by Crippen LogP contribution is -2.51. The van der Waals surface area contributed by atoms with E-state index in [0.717, 1.165) is 5.56 Å². The van der Waals surface area contributed by atoms with Crippen LogP contribution in [-0.4, -0.2) is 33.8 Å². The second-order valence-electron chi connectivity index (χ2n) is 8.41. The molecular formula is C25H23Cl2N3O4. The monoisotopic (exact) mass is 499 g/mol. The number of aromatic nitrogens is 1. The van der Waals surface area contributed by atoms with Crippen molar-refractivity contribution in [2.75, 3.05) is 5.32 Å². The van der Waals surface area contributed by atoms with Crippen molar-refractivity contribution in [3.63, 3.8) is 0 Å². The molecule has 2 atom stereocenters. The molecule has 1 heterocycles. The summed E-state index contributed by atoms with van der Waals surface area (Å²) in [4.78, 5) is 40.9. The Kier molecular flexibility index (Phi) is 6.77. The van der Waals surface area contributed by atoms with Gasteiger partial charge in [0.1, 0.15) is 6.04 Å². The summed E-state index contributed by atoms with van der Waals surface area (Å²) in [5, 5.41) is 16.1. The van der Waals surface area contributed by atoms with Crippen LogP contribution in [0, 0.1) is 5.41 Å². The maximum atomic E-state index is 12.6. The van der Waals surface area contributed by atoms with Gasteiger partial charge in [-0.3, -0.25) is 14.6 Å². The standard InChI is InChI=1S/C25H23Cl2N3O4/c1-2-16(22(24(33)34)30-19-11-20(31)25(19)9-3-4-10-25)14-5-7-15(8-6-14)29-23(32)21-17(26)12-28-13-18(21)27/h3-8,11-13,16,22,30H,2,9-10H2,1H3,(H,29,32)(H,33,34)/t16?,22-/m0/s1. The average Bonchev–Trinajstić information content (AvgIpc) is 3.32. The molecule has 1 aromatic heterocycles. The zero-order chi connectivity index (χ0) is 24.5. The molecule has 2 aromatic rings. The topological polar surface area (TPSA) is 108 Å². The fraction of sp³-hybridized carbons (Fsp3) is 0.280. The summed E-state index contributed by atoms with van der Waals surface area (Å²) < 4.78 is 0. The molecule has 2 aliphatic carbocycles. The zero-order valence-corrected chi connectivity index (χ0v) is 19.9. The molecule has 34 heavy (non-hydrogen) atoms. The second kappa shape index (κ2) is 9.60. The van der Waals surface area contributed by atoms with Crippen LogP contribution in [0.2, 0.25) is 10.0 Å². The molecule has 4 rings (SSSR count). The van der Waals surface area contributed by atoms with Gasteiger partial charge in [0.05, 0.1) is 21.0 Å². The number of nitrogens with zero attached hydrogens (tertiary/aromatic N) is 1. The average molecular weight is 500 g/mol. The number of carbonyl (C=O) groups excluding carboxylic acids is 2. The fourth-order valence-electron chi connectivity index (χ4n) is 4.52. The lowest BCUT2D eigenvalue weighted by molar-refractivity contribution is -0.140. The van der Waals surface area contributed by atoms with Crippen LogP contribution in [0.25, 0.3) is 0 Å². The van der Waals surface area contributed by atoms with Gasteiger partial charge in [0.15, 0.2) is 5.78 Å². The van der Waals surface area contributed by atoms with E-state index in [2.05, 4.69) is 15.6 Å². The van der Waals surface area contributed by atoms with Crippen molar-refractivity contribution in [3.05, 3.63) is 81.8 Å². The van der Waals surface area contributed by atoms with E-state index in [1.807, 2.05) is 19.1 Å². The molecule has 0 saturated carbocycles. The first-order chi connectivity index (χ1) is 16.3. The van der Waals surface area contributed by atoms with E-state index < -0.39 is 23.3 Å². The Morgan fingerprint density at radius 2 is 1.74 bits per heavy atom. The quantitative estimate of drug-likeness (QED) is 0.442. The molecule has 1 aromatic carbocycles. The van der Waals surface area contributed by atoms with E-state index in [4.69, 9.17) is 23.2 Å². The molecule has 0 bridgehead atoms. The predicted octanol–water partition coefficient (Wildman–Crippen LogP) is 4.98. The number of aliphatic carboxylic acids is 1. The molecule has 1 spiro atoms. The van der Waals surface area contributed by atoms with Crippen LogP contribution >= 0.6 is 23.2 Å². The predicted molar refractivity (Wildman–Crippen MR) is 130 cm³/mol. The third-order valence-corrected chi connectivity index (χ3v) is 7.03. The summed E-state index contributed by atoms with van der Waals surface area (Å²) in [5.41, 5.74) is 1.49. The number of anilines is 1. The third kappa shape index (κ3) is 4.33. The van der Waals surface area contributed by atoms with Crippen LogP contribution in [0.5, 0.6) is 0 Å². The summed E-state index contributed by atoms with van der Waals surface area (Å²) in [6, 6.07) is 6.06. The SMILES string of the molecule is CCC(c1ccc(NC(=O)c2c(Cl)cncc2Cl)cc1)[C@H](NC1=CC(=O)C12CC=CC2)C(=O)O. The number of allylic oxidation sites excluding steroid dienone is 4. The molecule has 7 nitrogen and oxygen atoms in total. The maximum absolute atomic E-state index is 12.6. The number of rotatable bonds is 8. The van der Waals surface area contributed by atoms with Gasteiger partial charge in [-0.1, -0.05) is 54.4 Å². The minimum atomic E-state index is -0.993. The highest BCUT2D eigenvalue weighted by molar-refractivity contribution is 6.40. The lowest BCUT2D eigenvalue weighted by atomic mass is 9.69. The van der Waals surface area contributed by atoms with Crippen LogP contribution in [0.3, 0.4) is 0 Å². The van der Waals surface area contributed by atoms with Gasteiger partial charge in [-0.05, 0) is 37.0 Å². The smallest absolute Gasteiger partial charge is 0.326 e. The number of nitrogens with one attached hydrogen (secondary N) is 2. The number of benzene rings is 1. The Labute approximate surface area is 206 Å². The molecule has 9 heteroatoms. The minimum Gasteiger partial charge on any atom is -0.480 e. The van der Waals surface area contributed by atoms with Crippen LogP contribution in [0.15, 0.2) is 60.6 Å². The first-order valence-electron chi connectivity index (χ1n) is 10.9. The number of pyridine rings is 1. The number of hydrogen-bond acceptors (Lipinski definition) is 5. The first-order valence-corrected chi connectivity index (χ1v) is 11.6. The molecule has 1 unspecified atom stereocenters. The highest BCUT2D eigenvalue weighted by Gasteiger charge is 2.49. The number of halogens is 2. The van der Waals surface area contributed by atoms with Crippen molar-refractivity contribution < 1.29 is 19.5 Å². The van der Waals surface area contributed by atoms with Crippen molar-refractivity contribution in [3.8, 4) is 0 Å². The van der Waals surface area contributed by atoms with Gasteiger partial charge in [0.2, 0.25) is 0 Å². The summed E-state index contributed by atoms with van der Waals surface area (Å²) in [6.45, 7) is 1.92. The molecule has 0 radical (unpaired) electrons. The van der Waals surface area contributed by atoms with E-state index in [-0.39, 0.29) is 27.3 Å². The number of carboxylic acids is 1. The number of carboxylic acid groups (broad SMARTS) is 1. The van der Waals surface area contributed by atoms with E-state index in [0.29, 0.717) is 30.6 Å². The Morgan fingerprint density at radius 3 is 2.26 bits per heavy atom. The summed E-state index contributed by atoms with van der Waals surface area (Å²) in [6.07, 6.45) is 9.84. The van der Waals surface area contributed by atoms with Crippen molar-refractivity contribution in [1.82, 2.24) is 10.3 Å². The number of ketones is 1. The Hall–Kier alpha value is -3.16. The van der Waals surface area contributed by atoms with Crippen molar-refractivity contribution >= 4 is 46.5 Å². The molecule has 176 valence electrons. The maximum Gasteiger partial charge on any atom is 0.326 e. The Bertz CT molecular complexity index is 1180. The number of hydrogen-bond donors (Lipinski definition) is 3. The van der Waals surface area contributed by atoms with E-state index in [1.54, 1.807) is 24.3 Å². The summed E-state index contributed by atoms with van der Waals surface area (Å²) in [5.74, 6) is -1.78.